The van der Waals surface area contributed by atoms with Crippen LogP contribution in [-0.4, -0.2) is 25.3 Å². The highest BCUT2D eigenvalue weighted by molar-refractivity contribution is 5.69. The van der Waals surface area contributed by atoms with E-state index in [9.17, 15) is 9.90 Å². The number of esters is 1. The molecule has 0 aliphatic carbocycles. The number of rotatable bonds is 7. The van der Waals surface area contributed by atoms with Gasteiger partial charge in [-0.05, 0) is 30.0 Å². The van der Waals surface area contributed by atoms with E-state index in [2.05, 4.69) is 4.74 Å². The number of hydrogen-bond acceptors (Lipinski definition) is 4. The minimum Gasteiger partial charge on any atom is -0.496 e. The van der Waals surface area contributed by atoms with Gasteiger partial charge in [-0.3, -0.25) is 4.79 Å². The lowest BCUT2D eigenvalue weighted by Crippen LogP contribution is -2.03. The van der Waals surface area contributed by atoms with Gasteiger partial charge in [0.1, 0.15) is 11.9 Å². The predicted octanol–water partition coefficient (Wildman–Crippen LogP) is 3.27. The molecular formula is C19H22O4. The molecule has 0 aliphatic heterocycles. The Hall–Kier alpha value is -2.33. The average Bonchev–Trinajstić information content (AvgIpc) is 2.61. The minimum atomic E-state index is -0.727. The average molecular weight is 314 g/mol. The number of methoxy groups -OCH3 is 2. The molecule has 23 heavy (non-hydrogen) atoms. The Kier molecular flexibility index (Phi) is 6.18. The van der Waals surface area contributed by atoms with Crippen LogP contribution in [0.1, 0.15) is 35.6 Å². The summed E-state index contributed by atoms with van der Waals surface area (Å²) in [5, 5.41) is 10.5. The molecule has 4 nitrogen and oxygen atoms in total. The smallest absolute Gasteiger partial charge is 0.305 e. The number of aliphatic hydroxyl groups is 1. The largest absolute Gasteiger partial charge is 0.496 e. The molecule has 0 radical (unpaired) electrons. The summed E-state index contributed by atoms with van der Waals surface area (Å²) in [7, 11) is 2.99. The third kappa shape index (κ3) is 4.57. The monoisotopic (exact) mass is 314 g/mol. The van der Waals surface area contributed by atoms with Crippen LogP contribution in [0.25, 0.3) is 0 Å². The van der Waals surface area contributed by atoms with Crippen LogP contribution in [-0.2, 0) is 16.0 Å². The van der Waals surface area contributed by atoms with Gasteiger partial charge in [0.25, 0.3) is 0 Å². The molecule has 0 saturated heterocycles. The van der Waals surface area contributed by atoms with Gasteiger partial charge in [-0.15, -0.1) is 0 Å². The predicted molar refractivity (Wildman–Crippen MR) is 88.5 cm³/mol. The van der Waals surface area contributed by atoms with Crippen molar-refractivity contribution in [3.05, 3.63) is 65.2 Å². The molecule has 1 unspecified atom stereocenters. The molecule has 0 heterocycles. The summed E-state index contributed by atoms with van der Waals surface area (Å²) >= 11 is 0. The van der Waals surface area contributed by atoms with Gasteiger partial charge in [0, 0.05) is 12.0 Å². The SMILES string of the molecule is COC(=O)CCCc1ccc(C(O)c2ccccc2OC)cc1. The van der Waals surface area contributed by atoms with E-state index in [1.54, 1.807) is 7.11 Å². The molecule has 0 bridgehead atoms. The maximum absolute atomic E-state index is 11.1. The zero-order chi connectivity index (χ0) is 16.7. The molecular weight excluding hydrogens is 292 g/mol. The second-order valence-corrected chi connectivity index (χ2v) is 5.32. The van der Waals surface area contributed by atoms with Crippen LogP contribution in [0.5, 0.6) is 5.75 Å². The maximum Gasteiger partial charge on any atom is 0.305 e. The van der Waals surface area contributed by atoms with Gasteiger partial charge in [-0.1, -0.05) is 42.5 Å². The van der Waals surface area contributed by atoms with Crippen molar-refractivity contribution < 1.29 is 19.4 Å². The van der Waals surface area contributed by atoms with E-state index >= 15 is 0 Å². The van der Waals surface area contributed by atoms with Gasteiger partial charge in [0.2, 0.25) is 0 Å². The number of aliphatic hydroxyl groups excluding tert-OH is 1. The highest BCUT2D eigenvalue weighted by Gasteiger charge is 2.14. The molecule has 2 aromatic carbocycles. The second kappa shape index (κ2) is 8.34. The molecule has 0 amide bonds. The van der Waals surface area contributed by atoms with Gasteiger partial charge in [-0.2, -0.15) is 0 Å². The van der Waals surface area contributed by atoms with Crippen LogP contribution < -0.4 is 4.74 Å². The summed E-state index contributed by atoms with van der Waals surface area (Å²) < 4.78 is 9.92. The summed E-state index contributed by atoms with van der Waals surface area (Å²) in [6.07, 6.45) is 1.25. The van der Waals surface area contributed by atoms with E-state index in [0.717, 1.165) is 29.5 Å². The second-order valence-electron chi connectivity index (χ2n) is 5.32. The first kappa shape index (κ1) is 17.0. The number of para-hydroxylation sites is 1. The molecule has 122 valence electrons. The summed E-state index contributed by atoms with van der Waals surface area (Å²) in [4.78, 5) is 11.1. The van der Waals surface area contributed by atoms with Crippen LogP contribution in [0.3, 0.4) is 0 Å². The normalized spacial score (nSPS) is 11.8. The van der Waals surface area contributed by atoms with Gasteiger partial charge in [0.05, 0.1) is 14.2 Å². The molecule has 1 atom stereocenters. The van der Waals surface area contributed by atoms with Crippen molar-refractivity contribution in [1.82, 2.24) is 0 Å². The lowest BCUT2D eigenvalue weighted by molar-refractivity contribution is -0.140. The van der Waals surface area contributed by atoms with Crippen molar-refractivity contribution in [2.75, 3.05) is 14.2 Å². The van der Waals surface area contributed by atoms with Crippen molar-refractivity contribution in [3.63, 3.8) is 0 Å². The topological polar surface area (TPSA) is 55.8 Å². The highest BCUT2D eigenvalue weighted by Crippen LogP contribution is 2.29. The van der Waals surface area contributed by atoms with Gasteiger partial charge in [0.15, 0.2) is 0 Å². The number of aryl methyl sites for hydroxylation is 1. The molecule has 4 heteroatoms. The Morgan fingerprint density at radius 2 is 1.78 bits per heavy atom. The zero-order valence-electron chi connectivity index (χ0n) is 13.5. The Balaban J connectivity index is 2.02. The third-order valence-electron chi connectivity index (χ3n) is 3.80. The Bertz CT molecular complexity index is 634. The molecule has 2 aromatic rings. The molecule has 0 fully saturated rings. The minimum absolute atomic E-state index is 0.187. The van der Waals surface area contributed by atoms with Gasteiger partial charge < -0.3 is 14.6 Å². The summed E-state index contributed by atoms with van der Waals surface area (Å²) in [6.45, 7) is 0. The highest BCUT2D eigenvalue weighted by atomic mass is 16.5. The summed E-state index contributed by atoms with van der Waals surface area (Å²) in [6, 6.07) is 15.2. The van der Waals surface area contributed by atoms with Gasteiger partial charge >= 0.3 is 5.97 Å². The van der Waals surface area contributed by atoms with Crippen molar-refractivity contribution in [3.8, 4) is 5.75 Å². The van der Waals surface area contributed by atoms with Crippen LogP contribution in [0.4, 0.5) is 0 Å². The first-order valence-corrected chi connectivity index (χ1v) is 7.62. The number of carbonyl (C=O) groups is 1. The fraction of sp³-hybridized carbons (Fsp3) is 0.316. The first-order chi connectivity index (χ1) is 11.2. The molecule has 1 N–H and O–H groups in total. The molecule has 2 rings (SSSR count). The van der Waals surface area contributed by atoms with E-state index in [1.165, 1.54) is 7.11 Å². The number of hydrogen-bond donors (Lipinski definition) is 1. The number of benzene rings is 2. The van der Waals surface area contributed by atoms with Crippen LogP contribution in [0.2, 0.25) is 0 Å². The van der Waals surface area contributed by atoms with Crippen molar-refractivity contribution in [2.45, 2.75) is 25.4 Å². The fourth-order valence-corrected chi connectivity index (χ4v) is 2.48. The van der Waals surface area contributed by atoms with E-state index in [4.69, 9.17) is 4.74 Å². The van der Waals surface area contributed by atoms with E-state index in [0.29, 0.717) is 12.2 Å². The Labute approximate surface area is 136 Å². The Morgan fingerprint density at radius 3 is 2.43 bits per heavy atom. The maximum atomic E-state index is 11.1. The fourth-order valence-electron chi connectivity index (χ4n) is 2.48. The van der Waals surface area contributed by atoms with E-state index < -0.39 is 6.10 Å². The molecule has 0 aliphatic rings. The van der Waals surface area contributed by atoms with Crippen molar-refractivity contribution in [1.29, 1.82) is 0 Å². The molecule has 0 saturated carbocycles. The van der Waals surface area contributed by atoms with Crippen LogP contribution in [0, 0.1) is 0 Å². The zero-order valence-corrected chi connectivity index (χ0v) is 13.5. The van der Waals surface area contributed by atoms with Gasteiger partial charge in [-0.25, -0.2) is 0 Å². The standard InChI is InChI=1S/C19H22O4/c1-22-17-8-4-3-7-16(17)19(21)15-12-10-14(11-13-15)6-5-9-18(20)23-2/h3-4,7-8,10-13,19,21H,5-6,9H2,1-2H3. The summed E-state index contributed by atoms with van der Waals surface area (Å²) in [5.41, 5.74) is 2.68. The van der Waals surface area contributed by atoms with E-state index in [1.807, 2.05) is 48.5 Å². The lowest BCUT2D eigenvalue weighted by Gasteiger charge is -2.15. The number of ether oxygens (including phenoxy) is 2. The van der Waals surface area contributed by atoms with Crippen molar-refractivity contribution in [2.24, 2.45) is 0 Å². The Morgan fingerprint density at radius 1 is 1.09 bits per heavy atom. The first-order valence-electron chi connectivity index (χ1n) is 7.62. The quantitative estimate of drug-likeness (QED) is 0.797. The van der Waals surface area contributed by atoms with Crippen molar-refractivity contribution >= 4 is 5.97 Å². The lowest BCUT2D eigenvalue weighted by atomic mass is 9.98. The summed E-state index contributed by atoms with van der Waals surface area (Å²) in [5.74, 6) is 0.482. The molecule has 0 aromatic heterocycles. The van der Waals surface area contributed by atoms with Crippen LogP contribution in [0.15, 0.2) is 48.5 Å². The molecule has 0 spiro atoms. The van der Waals surface area contributed by atoms with E-state index in [-0.39, 0.29) is 5.97 Å². The third-order valence-corrected chi connectivity index (χ3v) is 3.80. The van der Waals surface area contributed by atoms with Crippen LogP contribution >= 0.6 is 0 Å². The number of carbonyl (C=O) groups excluding carboxylic acids is 1.